The molecule has 2 aromatic rings. The first-order chi connectivity index (χ1) is 10.0. The van der Waals surface area contributed by atoms with Crippen molar-refractivity contribution in [3.05, 3.63) is 52.8 Å². The average Bonchev–Trinajstić information content (AvgIpc) is 2.82. The van der Waals surface area contributed by atoms with E-state index in [1.54, 1.807) is 28.9 Å². The van der Waals surface area contributed by atoms with Crippen molar-refractivity contribution >= 4 is 11.7 Å². The van der Waals surface area contributed by atoms with Crippen LogP contribution in [0.3, 0.4) is 0 Å². The van der Waals surface area contributed by atoms with Crippen molar-refractivity contribution in [2.24, 2.45) is 17.9 Å². The van der Waals surface area contributed by atoms with Crippen LogP contribution in [-0.4, -0.2) is 26.7 Å². The summed E-state index contributed by atoms with van der Waals surface area (Å²) in [6.07, 6.45) is 1.86. The second-order valence-electron chi connectivity index (χ2n) is 4.66. The van der Waals surface area contributed by atoms with E-state index >= 15 is 0 Å². The van der Waals surface area contributed by atoms with E-state index in [1.165, 1.54) is 0 Å². The number of benzene rings is 1. The summed E-state index contributed by atoms with van der Waals surface area (Å²) in [5.41, 5.74) is 8.28. The van der Waals surface area contributed by atoms with Crippen LogP contribution in [0.5, 0.6) is 0 Å². The molecule has 21 heavy (non-hydrogen) atoms. The molecule has 0 radical (unpaired) electrons. The summed E-state index contributed by atoms with van der Waals surface area (Å²) in [4.78, 5) is 12.1. The van der Waals surface area contributed by atoms with E-state index in [4.69, 9.17) is 10.9 Å². The van der Waals surface area contributed by atoms with Gasteiger partial charge in [0, 0.05) is 36.5 Å². The van der Waals surface area contributed by atoms with Gasteiger partial charge in [-0.2, -0.15) is 5.10 Å². The molecule has 1 aromatic carbocycles. The highest BCUT2D eigenvalue weighted by Gasteiger charge is 2.09. The average molecular weight is 287 g/mol. The third-order valence-electron chi connectivity index (χ3n) is 3.08. The van der Waals surface area contributed by atoms with Crippen LogP contribution in [0, 0.1) is 6.92 Å². The molecule has 1 amide bonds. The standard InChI is InChI=1S/C14H17N5O2/c1-9-12(8-19(2)17-9)7-16-14(20)11-5-3-4-10(6-11)13(15)18-21/h3-6,8,21H,7H2,1-2H3,(H2,15,18)(H,16,20). The normalized spacial score (nSPS) is 11.4. The van der Waals surface area contributed by atoms with Crippen LogP contribution in [0.15, 0.2) is 35.6 Å². The molecule has 0 aliphatic heterocycles. The number of oxime groups is 1. The fraction of sp³-hybridized carbons (Fsp3) is 0.214. The molecule has 0 aliphatic rings. The van der Waals surface area contributed by atoms with E-state index < -0.39 is 0 Å². The molecule has 4 N–H and O–H groups in total. The number of carbonyl (C=O) groups is 1. The zero-order valence-electron chi connectivity index (χ0n) is 11.9. The fourth-order valence-corrected chi connectivity index (χ4v) is 1.98. The van der Waals surface area contributed by atoms with E-state index in [0.717, 1.165) is 11.3 Å². The Labute approximate surface area is 122 Å². The predicted molar refractivity (Wildman–Crippen MR) is 78.1 cm³/mol. The maximum atomic E-state index is 12.1. The second-order valence-corrected chi connectivity index (χ2v) is 4.66. The molecule has 0 spiro atoms. The van der Waals surface area contributed by atoms with E-state index in [9.17, 15) is 4.79 Å². The number of hydrogen-bond donors (Lipinski definition) is 3. The summed E-state index contributed by atoms with van der Waals surface area (Å²) < 4.78 is 1.70. The van der Waals surface area contributed by atoms with E-state index in [1.807, 2.05) is 20.2 Å². The summed E-state index contributed by atoms with van der Waals surface area (Å²) >= 11 is 0. The molecular formula is C14H17N5O2. The lowest BCUT2D eigenvalue weighted by Gasteiger charge is -2.06. The van der Waals surface area contributed by atoms with Crippen LogP contribution in [0.1, 0.15) is 27.2 Å². The first-order valence-corrected chi connectivity index (χ1v) is 6.36. The summed E-state index contributed by atoms with van der Waals surface area (Å²) in [5, 5.41) is 18.6. The lowest BCUT2D eigenvalue weighted by Crippen LogP contribution is -2.23. The number of aromatic nitrogens is 2. The van der Waals surface area contributed by atoms with Crippen molar-refractivity contribution in [1.82, 2.24) is 15.1 Å². The van der Waals surface area contributed by atoms with Crippen LogP contribution in [-0.2, 0) is 13.6 Å². The maximum Gasteiger partial charge on any atom is 0.251 e. The van der Waals surface area contributed by atoms with Crippen molar-refractivity contribution in [2.75, 3.05) is 0 Å². The first-order valence-electron chi connectivity index (χ1n) is 6.36. The third-order valence-corrected chi connectivity index (χ3v) is 3.08. The minimum absolute atomic E-state index is 0.0345. The Balaban J connectivity index is 2.08. The molecule has 0 bridgehead atoms. The number of carbonyl (C=O) groups excluding carboxylic acids is 1. The van der Waals surface area contributed by atoms with Crippen molar-refractivity contribution in [3.63, 3.8) is 0 Å². The molecule has 7 heteroatoms. The largest absolute Gasteiger partial charge is 0.409 e. The minimum Gasteiger partial charge on any atom is -0.409 e. The molecule has 2 rings (SSSR count). The van der Waals surface area contributed by atoms with Crippen LogP contribution in [0.4, 0.5) is 0 Å². The Morgan fingerprint density at radius 2 is 2.19 bits per heavy atom. The van der Waals surface area contributed by atoms with Gasteiger partial charge in [-0.15, -0.1) is 0 Å². The lowest BCUT2D eigenvalue weighted by molar-refractivity contribution is 0.0951. The highest BCUT2D eigenvalue weighted by molar-refractivity contribution is 6.01. The molecule has 0 fully saturated rings. The minimum atomic E-state index is -0.231. The topological polar surface area (TPSA) is 106 Å². The smallest absolute Gasteiger partial charge is 0.251 e. The second kappa shape index (κ2) is 6.08. The number of nitrogens with one attached hydrogen (secondary N) is 1. The van der Waals surface area contributed by atoms with Gasteiger partial charge in [0.25, 0.3) is 5.91 Å². The van der Waals surface area contributed by atoms with Gasteiger partial charge in [0.1, 0.15) is 0 Å². The van der Waals surface area contributed by atoms with Gasteiger partial charge in [0.2, 0.25) is 0 Å². The Morgan fingerprint density at radius 3 is 2.81 bits per heavy atom. The van der Waals surface area contributed by atoms with Crippen molar-refractivity contribution in [1.29, 1.82) is 0 Å². The van der Waals surface area contributed by atoms with Gasteiger partial charge in [-0.1, -0.05) is 17.3 Å². The predicted octanol–water partition coefficient (Wildman–Crippen LogP) is 0.753. The Hall–Kier alpha value is -2.83. The number of amides is 1. The van der Waals surface area contributed by atoms with Crippen molar-refractivity contribution < 1.29 is 10.0 Å². The molecule has 110 valence electrons. The fourth-order valence-electron chi connectivity index (χ4n) is 1.98. The monoisotopic (exact) mass is 287 g/mol. The quantitative estimate of drug-likeness (QED) is 0.334. The summed E-state index contributed by atoms with van der Waals surface area (Å²) in [6.45, 7) is 2.28. The van der Waals surface area contributed by atoms with Gasteiger partial charge >= 0.3 is 0 Å². The Morgan fingerprint density at radius 1 is 1.48 bits per heavy atom. The zero-order valence-corrected chi connectivity index (χ0v) is 11.9. The highest BCUT2D eigenvalue weighted by atomic mass is 16.4. The number of nitrogens with two attached hydrogens (primary N) is 1. The van der Waals surface area contributed by atoms with Crippen LogP contribution < -0.4 is 11.1 Å². The Bertz CT molecular complexity index is 690. The summed E-state index contributed by atoms with van der Waals surface area (Å²) in [7, 11) is 1.83. The zero-order chi connectivity index (χ0) is 15.4. The molecule has 1 aromatic heterocycles. The maximum absolute atomic E-state index is 12.1. The molecule has 0 atom stereocenters. The van der Waals surface area contributed by atoms with Crippen LogP contribution >= 0.6 is 0 Å². The van der Waals surface area contributed by atoms with Crippen LogP contribution in [0.25, 0.3) is 0 Å². The number of hydrogen-bond acceptors (Lipinski definition) is 4. The number of aryl methyl sites for hydroxylation is 2. The molecule has 0 unspecified atom stereocenters. The van der Waals surface area contributed by atoms with E-state index in [-0.39, 0.29) is 11.7 Å². The van der Waals surface area contributed by atoms with Gasteiger partial charge < -0.3 is 16.3 Å². The van der Waals surface area contributed by atoms with Crippen molar-refractivity contribution in [3.8, 4) is 0 Å². The third kappa shape index (κ3) is 3.38. The molecule has 7 nitrogen and oxygen atoms in total. The van der Waals surface area contributed by atoms with Crippen LogP contribution in [0.2, 0.25) is 0 Å². The molecule has 0 saturated carbocycles. The molecule has 1 heterocycles. The van der Waals surface area contributed by atoms with Gasteiger partial charge in [0.05, 0.1) is 5.69 Å². The lowest BCUT2D eigenvalue weighted by atomic mass is 10.1. The van der Waals surface area contributed by atoms with Gasteiger partial charge in [-0.25, -0.2) is 0 Å². The van der Waals surface area contributed by atoms with E-state index in [0.29, 0.717) is 17.7 Å². The van der Waals surface area contributed by atoms with Crippen molar-refractivity contribution in [2.45, 2.75) is 13.5 Å². The van der Waals surface area contributed by atoms with Gasteiger partial charge in [-0.3, -0.25) is 9.48 Å². The van der Waals surface area contributed by atoms with Gasteiger partial charge in [0.15, 0.2) is 5.84 Å². The van der Waals surface area contributed by atoms with E-state index in [2.05, 4.69) is 15.6 Å². The summed E-state index contributed by atoms with van der Waals surface area (Å²) in [6, 6.07) is 6.58. The molecule has 0 aliphatic carbocycles. The SMILES string of the molecule is Cc1nn(C)cc1CNC(=O)c1cccc(/C(N)=N/O)c1. The molecule has 0 saturated heterocycles. The van der Waals surface area contributed by atoms with Gasteiger partial charge in [-0.05, 0) is 19.1 Å². The summed E-state index contributed by atoms with van der Waals surface area (Å²) in [5.74, 6) is -0.265. The number of rotatable bonds is 4. The number of nitrogens with zero attached hydrogens (tertiary/aromatic N) is 3. The molecular weight excluding hydrogens is 270 g/mol. The highest BCUT2D eigenvalue weighted by Crippen LogP contribution is 2.07. The Kier molecular flexibility index (Phi) is 4.22. The number of amidine groups is 1. The first kappa shape index (κ1) is 14.6.